The zero-order valence-electron chi connectivity index (χ0n) is 15.3. The first-order chi connectivity index (χ1) is 12.6. The van der Waals surface area contributed by atoms with Crippen LogP contribution in [0, 0.1) is 6.92 Å². The van der Waals surface area contributed by atoms with Crippen LogP contribution in [0.2, 0.25) is 0 Å². The van der Waals surface area contributed by atoms with E-state index in [9.17, 15) is 4.79 Å². The van der Waals surface area contributed by atoms with E-state index in [4.69, 9.17) is 0 Å². The highest BCUT2D eigenvalue weighted by Gasteiger charge is 2.17. The van der Waals surface area contributed by atoms with Crippen LogP contribution in [-0.4, -0.2) is 50.6 Å². The van der Waals surface area contributed by atoms with Crippen molar-refractivity contribution in [3.8, 4) is 11.3 Å². The summed E-state index contributed by atoms with van der Waals surface area (Å²) in [5, 5.41) is 5.42. The molecule has 3 heterocycles. The fourth-order valence-corrected chi connectivity index (χ4v) is 3.61. The minimum atomic E-state index is -0.0602. The number of hydrogen-bond donors (Lipinski definition) is 1. The molecule has 3 rings (SSSR count). The number of hydrogen-bond acceptors (Lipinski definition) is 6. The molecule has 0 spiro atoms. The van der Waals surface area contributed by atoms with Gasteiger partial charge in [0.1, 0.15) is 5.69 Å². The van der Waals surface area contributed by atoms with E-state index in [-0.39, 0.29) is 11.9 Å². The average Bonchev–Trinajstić information content (AvgIpc) is 3.17. The van der Waals surface area contributed by atoms with Crippen LogP contribution >= 0.6 is 11.8 Å². The molecule has 136 valence electrons. The Labute approximate surface area is 158 Å². The van der Waals surface area contributed by atoms with E-state index in [1.54, 1.807) is 22.9 Å². The second kappa shape index (κ2) is 8.31. The molecule has 0 bridgehead atoms. The Morgan fingerprint density at radius 2 is 2.15 bits per heavy atom. The van der Waals surface area contributed by atoms with Gasteiger partial charge in [-0.3, -0.25) is 9.78 Å². The number of thioether (sulfide) groups is 1. The van der Waals surface area contributed by atoms with Gasteiger partial charge in [0.15, 0.2) is 0 Å². The molecule has 0 aliphatic carbocycles. The monoisotopic (exact) mass is 369 g/mol. The fourth-order valence-electron chi connectivity index (χ4n) is 2.79. The van der Waals surface area contributed by atoms with Crippen LogP contribution in [0.5, 0.6) is 0 Å². The molecule has 2 aromatic heterocycles. The highest BCUT2D eigenvalue weighted by molar-refractivity contribution is 8.02. The van der Waals surface area contributed by atoms with Crippen molar-refractivity contribution < 1.29 is 4.79 Å². The van der Waals surface area contributed by atoms with E-state index in [0.29, 0.717) is 24.7 Å². The molecule has 1 atom stereocenters. The Balaban J connectivity index is 1.89. The standard InChI is InChI=1S/C19H23N5OS/c1-4-24(5-2)18(25)16-10-14(6-8-20-16)17-13(3)11-21-19(23-17)22-15-7-9-26-12-15/h6-11,15H,4-5,12H2,1-3H3,(H,21,22,23). The maximum atomic E-state index is 12.6. The van der Waals surface area contributed by atoms with Crippen molar-refractivity contribution in [2.75, 3.05) is 24.2 Å². The molecule has 2 aromatic rings. The number of pyridine rings is 1. The first-order valence-corrected chi connectivity index (χ1v) is 9.81. The SMILES string of the molecule is CCN(CC)C(=O)c1cc(-c2nc(NC3C=CSC3)ncc2C)ccn1. The largest absolute Gasteiger partial charge is 0.347 e. The van der Waals surface area contributed by atoms with Crippen LogP contribution in [0.4, 0.5) is 5.95 Å². The van der Waals surface area contributed by atoms with Gasteiger partial charge in [0.2, 0.25) is 5.95 Å². The quantitative estimate of drug-likeness (QED) is 0.842. The first-order valence-electron chi connectivity index (χ1n) is 8.76. The lowest BCUT2D eigenvalue weighted by atomic mass is 10.1. The summed E-state index contributed by atoms with van der Waals surface area (Å²) in [5.41, 5.74) is 3.08. The molecule has 0 saturated carbocycles. The van der Waals surface area contributed by atoms with E-state index >= 15 is 0 Å². The van der Waals surface area contributed by atoms with Gasteiger partial charge in [0.05, 0.1) is 11.7 Å². The number of aromatic nitrogens is 3. The summed E-state index contributed by atoms with van der Waals surface area (Å²) in [7, 11) is 0. The lowest BCUT2D eigenvalue weighted by Crippen LogP contribution is -2.31. The summed E-state index contributed by atoms with van der Waals surface area (Å²) in [5.74, 6) is 1.51. The van der Waals surface area contributed by atoms with Crippen molar-refractivity contribution >= 4 is 23.6 Å². The molecule has 1 unspecified atom stereocenters. The van der Waals surface area contributed by atoms with Gasteiger partial charge in [-0.1, -0.05) is 6.08 Å². The lowest BCUT2D eigenvalue weighted by molar-refractivity contribution is 0.0767. The smallest absolute Gasteiger partial charge is 0.272 e. The zero-order valence-corrected chi connectivity index (χ0v) is 16.1. The van der Waals surface area contributed by atoms with Crippen molar-refractivity contribution in [1.82, 2.24) is 19.9 Å². The maximum absolute atomic E-state index is 12.6. The molecular weight excluding hydrogens is 346 g/mol. The molecule has 26 heavy (non-hydrogen) atoms. The van der Waals surface area contributed by atoms with Crippen molar-refractivity contribution in [1.29, 1.82) is 0 Å². The molecule has 1 aliphatic rings. The number of carbonyl (C=O) groups is 1. The summed E-state index contributed by atoms with van der Waals surface area (Å²) in [4.78, 5) is 27.7. The van der Waals surface area contributed by atoms with Gasteiger partial charge < -0.3 is 10.2 Å². The molecular formula is C19H23N5OS. The normalized spacial score (nSPS) is 15.9. The Morgan fingerprint density at radius 1 is 1.35 bits per heavy atom. The van der Waals surface area contributed by atoms with E-state index in [2.05, 4.69) is 31.8 Å². The summed E-state index contributed by atoms with van der Waals surface area (Å²) in [6.45, 7) is 7.22. The number of nitrogens with one attached hydrogen (secondary N) is 1. The minimum Gasteiger partial charge on any atom is -0.347 e. The third kappa shape index (κ3) is 4.04. The first kappa shape index (κ1) is 18.4. The van der Waals surface area contributed by atoms with Crippen molar-refractivity contribution in [3.63, 3.8) is 0 Å². The van der Waals surface area contributed by atoms with E-state index in [0.717, 1.165) is 22.6 Å². The van der Waals surface area contributed by atoms with Crippen molar-refractivity contribution in [3.05, 3.63) is 47.3 Å². The highest BCUT2D eigenvalue weighted by atomic mass is 32.2. The predicted molar refractivity (Wildman–Crippen MR) is 106 cm³/mol. The maximum Gasteiger partial charge on any atom is 0.272 e. The average molecular weight is 369 g/mol. The van der Waals surface area contributed by atoms with Crippen LogP contribution in [-0.2, 0) is 0 Å². The Hall–Kier alpha value is -2.41. The Morgan fingerprint density at radius 3 is 2.85 bits per heavy atom. The molecule has 0 saturated heterocycles. The third-order valence-corrected chi connectivity index (χ3v) is 5.17. The molecule has 7 heteroatoms. The summed E-state index contributed by atoms with van der Waals surface area (Å²) >= 11 is 1.77. The van der Waals surface area contributed by atoms with Gasteiger partial charge in [-0.05, 0) is 43.9 Å². The second-order valence-electron chi connectivity index (χ2n) is 6.05. The molecule has 1 N–H and O–H groups in total. The summed E-state index contributed by atoms with van der Waals surface area (Å²) in [6, 6.07) is 3.93. The number of anilines is 1. The van der Waals surface area contributed by atoms with Gasteiger partial charge in [0.25, 0.3) is 5.91 Å². The highest BCUT2D eigenvalue weighted by Crippen LogP contribution is 2.24. The third-order valence-electron chi connectivity index (χ3n) is 4.27. The van der Waals surface area contributed by atoms with E-state index in [1.807, 2.05) is 39.1 Å². The van der Waals surface area contributed by atoms with Crippen LogP contribution in [0.1, 0.15) is 29.9 Å². The van der Waals surface area contributed by atoms with Gasteiger partial charge in [-0.2, -0.15) is 0 Å². The topological polar surface area (TPSA) is 71.0 Å². The molecule has 0 fully saturated rings. The number of amides is 1. The van der Waals surface area contributed by atoms with Gasteiger partial charge >= 0.3 is 0 Å². The van der Waals surface area contributed by atoms with Crippen LogP contribution in [0.25, 0.3) is 11.3 Å². The number of nitrogens with zero attached hydrogens (tertiary/aromatic N) is 4. The second-order valence-corrected chi connectivity index (χ2v) is 6.98. The minimum absolute atomic E-state index is 0.0602. The van der Waals surface area contributed by atoms with Crippen LogP contribution in [0.15, 0.2) is 36.0 Å². The Bertz CT molecular complexity index is 819. The lowest BCUT2D eigenvalue weighted by Gasteiger charge is -2.18. The fraction of sp³-hybridized carbons (Fsp3) is 0.368. The van der Waals surface area contributed by atoms with Gasteiger partial charge in [0, 0.05) is 36.8 Å². The number of aryl methyl sites for hydroxylation is 1. The zero-order chi connectivity index (χ0) is 18.5. The summed E-state index contributed by atoms with van der Waals surface area (Å²) < 4.78 is 0. The molecule has 6 nitrogen and oxygen atoms in total. The van der Waals surface area contributed by atoms with Crippen molar-refractivity contribution in [2.45, 2.75) is 26.8 Å². The van der Waals surface area contributed by atoms with Gasteiger partial charge in [-0.15, -0.1) is 11.8 Å². The molecule has 0 aromatic carbocycles. The van der Waals surface area contributed by atoms with E-state index < -0.39 is 0 Å². The number of carbonyl (C=O) groups excluding carboxylic acids is 1. The summed E-state index contributed by atoms with van der Waals surface area (Å²) in [6.07, 6.45) is 5.58. The van der Waals surface area contributed by atoms with Crippen LogP contribution < -0.4 is 5.32 Å². The molecule has 1 amide bonds. The molecule has 0 radical (unpaired) electrons. The van der Waals surface area contributed by atoms with Gasteiger partial charge in [-0.25, -0.2) is 9.97 Å². The number of rotatable bonds is 6. The predicted octanol–water partition coefficient (Wildman–Crippen LogP) is 3.37. The van der Waals surface area contributed by atoms with Crippen molar-refractivity contribution in [2.24, 2.45) is 0 Å². The Kier molecular flexibility index (Phi) is 5.88. The molecule has 1 aliphatic heterocycles. The van der Waals surface area contributed by atoms with Crippen LogP contribution in [0.3, 0.4) is 0 Å². The van der Waals surface area contributed by atoms with E-state index in [1.165, 1.54) is 0 Å².